The van der Waals surface area contributed by atoms with E-state index in [2.05, 4.69) is 4.98 Å². The van der Waals surface area contributed by atoms with Gasteiger partial charge in [-0.3, -0.25) is 9.69 Å². The van der Waals surface area contributed by atoms with Gasteiger partial charge in [0.2, 0.25) is 0 Å². The summed E-state index contributed by atoms with van der Waals surface area (Å²) in [4.78, 5) is 24.6. The maximum absolute atomic E-state index is 12.8. The van der Waals surface area contributed by atoms with E-state index in [1.54, 1.807) is 30.8 Å². The lowest BCUT2D eigenvalue weighted by atomic mass is 9.97. The summed E-state index contributed by atoms with van der Waals surface area (Å²) in [6, 6.07) is 3.63. The Hall–Kier alpha value is -2.04. The van der Waals surface area contributed by atoms with Crippen molar-refractivity contribution in [3.63, 3.8) is 0 Å². The molecule has 0 saturated heterocycles. The van der Waals surface area contributed by atoms with E-state index in [1.165, 1.54) is 16.9 Å². The Kier molecular flexibility index (Phi) is 7.52. The van der Waals surface area contributed by atoms with Gasteiger partial charge < -0.3 is 24.0 Å². The van der Waals surface area contributed by atoms with E-state index in [-0.39, 0.29) is 12.2 Å². The number of rotatable bonds is 11. The number of nitrogens with zero attached hydrogens (tertiary/aromatic N) is 2. The van der Waals surface area contributed by atoms with Crippen molar-refractivity contribution < 1.29 is 19.0 Å². The van der Waals surface area contributed by atoms with Crippen LogP contribution >= 0.6 is 11.3 Å². The Morgan fingerprint density at radius 3 is 3.06 bits per heavy atom. The first-order valence-electron chi connectivity index (χ1n) is 10.7. The number of ether oxygens (including phenoxy) is 2. The SMILES string of the molecule is COCCN(Cc1nc2sc3c(c2c(=O)[nH]1)CCCC3)CC(O)COCc1ccco1. The lowest BCUT2D eigenvalue weighted by Gasteiger charge is -2.24. The minimum Gasteiger partial charge on any atom is -0.467 e. The summed E-state index contributed by atoms with van der Waals surface area (Å²) in [7, 11) is 1.64. The molecular weight excluding hydrogens is 418 g/mol. The molecule has 0 radical (unpaired) electrons. The smallest absolute Gasteiger partial charge is 0.259 e. The number of fused-ring (bicyclic) bond motifs is 3. The molecule has 1 aliphatic carbocycles. The van der Waals surface area contributed by atoms with Gasteiger partial charge in [0, 0.05) is 25.1 Å². The van der Waals surface area contributed by atoms with Crippen molar-refractivity contribution in [2.24, 2.45) is 0 Å². The minimum absolute atomic E-state index is 0.0616. The molecule has 8 nitrogen and oxygen atoms in total. The van der Waals surface area contributed by atoms with Crippen molar-refractivity contribution in [3.05, 3.63) is 50.8 Å². The third kappa shape index (κ3) is 5.61. The number of aliphatic hydroxyl groups excluding tert-OH is 1. The summed E-state index contributed by atoms with van der Waals surface area (Å²) in [5.74, 6) is 1.33. The number of methoxy groups -OCH3 is 1. The maximum Gasteiger partial charge on any atom is 0.259 e. The van der Waals surface area contributed by atoms with Crippen molar-refractivity contribution in [1.29, 1.82) is 0 Å². The Bertz CT molecular complexity index is 1030. The monoisotopic (exact) mass is 447 g/mol. The van der Waals surface area contributed by atoms with Crippen molar-refractivity contribution in [2.75, 3.05) is 33.4 Å². The van der Waals surface area contributed by atoms with E-state index < -0.39 is 6.10 Å². The second-order valence-corrected chi connectivity index (χ2v) is 8.96. The van der Waals surface area contributed by atoms with Gasteiger partial charge in [-0.15, -0.1) is 11.3 Å². The summed E-state index contributed by atoms with van der Waals surface area (Å²) in [5.41, 5.74) is 1.13. The lowest BCUT2D eigenvalue weighted by molar-refractivity contribution is 0.0000995. The van der Waals surface area contributed by atoms with Crippen LogP contribution in [0.1, 0.15) is 34.9 Å². The second kappa shape index (κ2) is 10.5. The zero-order chi connectivity index (χ0) is 21.6. The van der Waals surface area contributed by atoms with Crippen LogP contribution in [0.15, 0.2) is 27.6 Å². The van der Waals surface area contributed by atoms with Crippen LogP contribution in [-0.4, -0.2) is 59.5 Å². The normalized spacial score (nSPS) is 14.9. The fraction of sp³-hybridized carbons (Fsp3) is 0.545. The number of aryl methyl sites for hydroxylation is 2. The van der Waals surface area contributed by atoms with Crippen LogP contribution in [0.3, 0.4) is 0 Å². The predicted molar refractivity (Wildman–Crippen MR) is 118 cm³/mol. The Labute approximate surface area is 184 Å². The van der Waals surface area contributed by atoms with E-state index in [9.17, 15) is 9.90 Å². The quantitative estimate of drug-likeness (QED) is 0.466. The molecule has 168 valence electrons. The third-order valence-corrected chi connectivity index (χ3v) is 6.65. The summed E-state index contributed by atoms with van der Waals surface area (Å²) < 4.78 is 16.0. The van der Waals surface area contributed by atoms with Crippen LogP contribution < -0.4 is 5.56 Å². The van der Waals surface area contributed by atoms with Gasteiger partial charge in [0.15, 0.2) is 0 Å². The minimum atomic E-state index is -0.684. The highest BCUT2D eigenvalue weighted by Gasteiger charge is 2.21. The first-order valence-corrected chi connectivity index (χ1v) is 11.5. The van der Waals surface area contributed by atoms with Gasteiger partial charge >= 0.3 is 0 Å². The number of nitrogens with one attached hydrogen (secondary N) is 1. The zero-order valence-electron chi connectivity index (χ0n) is 17.8. The van der Waals surface area contributed by atoms with Crippen LogP contribution in [0.2, 0.25) is 0 Å². The number of aromatic nitrogens is 2. The Morgan fingerprint density at radius 2 is 2.26 bits per heavy atom. The maximum atomic E-state index is 12.8. The molecule has 1 atom stereocenters. The molecule has 4 rings (SSSR count). The standard InChI is InChI=1S/C22H29N3O5S/c1-28-10-8-25(11-15(26)13-29-14-16-5-4-9-30-16)12-19-23-21(27)20-17-6-2-3-7-18(17)31-22(20)24-19/h4-5,9,15,26H,2-3,6-8,10-14H2,1H3,(H,23,24,27). The highest BCUT2D eigenvalue weighted by molar-refractivity contribution is 7.18. The van der Waals surface area contributed by atoms with E-state index in [0.29, 0.717) is 38.7 Å². The topological polar surface area (TPSA) is 101 Å². The lowest BCUT2D eigenvalue weighted by Crippen LogP contribution is -2.37. The molecule has 0 spiro atoms. The van der Waals surface area contributed by atoms with Crippen molar-refractivity contribution in [3.8, 4) is 0 Å². The van der Waals surface area contributed by atoms with Crippen LogP contribution in [0.4, 0.5) is 0 Å². The number of H-pyrrole nitrogens is 1. The molecule has 0 aromatic carbocycles. The Balaban J connectivity index is 1.41. The second-order valence-electron chi connectivity index (χ2n) is 7.88. The predicted octanol–water partition coefficient (Wildman–Crippen LogP) is 2.48. The molecule has 1 unspecified atom stereocenters. The van der Waals surface area contributed by atoms with E-state index in [1.807, 2.05) is 11.0 Å². The molecule has 0 saturated carbocycles. The van der Waals surface area contributed by atoms with Crippen molar-refractivity contribution >= 4 is 21.6 Å². The summed E-state index contributed by atoms with van der Waals surface area (Å²) in [6.45, 7) is 2.42. The molecule has 9 heteroatoms. The molecule has 31 heavy (non-hydrogen) atoms. The number of aliphatic hydroxyl groups is 1. The van der Waals surface area contributed by atoms with E-state index in [0.717, 1.165) is 35.2 Å². The number of furan rings is 1. The van der Waals surface area contributed by atoms with Crippen LogP contribution in [0, 0.1) is 0 Å². The summed E-state index contributed by atoms with van der Waals surface area (Å²) in [6.07, 6.45) is 5.21. The first-order chi connectivity index (χ1) is 15.1. The van der Waals surface area contributed by atoms with Gasteiger partial charge in [-0.25, -0.2) is 4.98 Å². The summed E-state index contributed by atoms with van der Waals surface area (Å²) in [5, 5.41) is 11.2. The van der Waals surface area contributed by atoms with E-state index in [4.69, 9.17) is 18.9 Å². The van der Waals surface area contributed by atoms with Gasteiger partial charge in [-0.2, -0.15) is 0 Å². The van der Waals surface area contributed by atoms with Gasteiger partial charge in [-0.05, 0) is 43.4 Å². The largest absolute Gasteiger partial charge is 0.467 e. The first kappa shape index (κ1) is 22.2. The van der Waals surface area contributed by atoms with Crippen molar-refractivity contribution in [2.45, 2.75) is 44.9 Å². The highest BCUT2D eigenvalue weighted by Crippen LogP contribution is 2.33. The van der Waals surface area contributed by atoms with Crippen LogP contribution in [0.5, 0.6) is 0 Å². The van der Waals surface area contributed by atoms with Gasteiger partial charge in [0.25, 0.3) is 5.56 Å². The average molecular weight is 448 g/mol. The summed E-state index contributed by atoms with van der Waals surface area (Å²) >= 11 is 1.64. The van der Waals surface area contributed by atoms with Crippen LogP contribution in [0.25, 0.3) is 10.2 Å². The van der Waals surface area contributed by atoms with Crippen molar-refractivity contribution in [1.82, 2.24) is 14.9 Å². The highest BCUT2D eigenvalue weighted by atomic mass is 32.1. The van der Waals surface area contributed by atoms with E-state index >= 15 is 0 Å². The number of thiophene rings is 1. The van der Waals surface area contributed by atoms with Gasteiger partial charge in [-0.1, -0.05) is 0 Å². The molecule has 0 fully saturated rings. The number of hydrogen-bond acceptors (Lipinski definition) is 8. The molecule has 1 aliphatic rings. The zero-order valence-corrected chi connectivity index (χ0v) is 18.6. The number of aromatic amines is 1. The number of hydrogen-bond donors (Lipinski definition) is 2. The van der Waals surface area contributed by atoms with Gasteiger partial charge in [0.1, 0.15) is 23.0 Å². The molecule has 3 aromatic rings. The third-order valence-electron chi connectivity index (χ3n) is 5.46. The molecule has 2 N–H and O–H groups in total. The average Bonchev–Trinajstić information content (AvgIpc) is 3.39. The molecular formula is C22H29N3O5S. The molecule has 0 amide bonds. The molecule has 0 bridgehead atoms. The molecule has 0 aliphatic heterocycles. The fourth-order valence-electron chi connectivity index (χ4n) is 3.99. The Morgan fingerprint density at radius 1 is 1.39 bits per heavy atom. The fourth-order valence-corrected chi connectivity index (χ4v) is 5.27. The van der Waals surface area contributed by atoms with Crippen LogP contribution in [-0.2, 0) is 35.5 Å². The van der Waals surface area contributed by atoms with Gasteiger partial charge in [0.05, 0.1) is 37.5 Å². The molecule has 3 aromatic heterocycles. The molecule has 3 heterocycles.